The Balaban J connectivity index is 2.94. The SMILES string of the molecule is CSC/C(C)=N/OCc1c(F)c(F)c(F)c(F)c1F. The van der Waals surface area contributed by atoms with E-state index in [1.807, 2.05) is 6.26 Å². The third-order valence-corrected chi connectivity index (χ3v) is 2.79. The molecule has 0 heterocycles. The van der Waals surface area contributed by atoms with E-state index in [1.165, 1.54) is 11.8 Å². The predicted octanol–water partition coefficient (Wildman–Crippen LogP) is 3.64. The van der Waals surface area contributed by atoms with Gasteiger partial charge in [0.25, 0.3) is 0 Å². The van der Waals surface area contributed by atoms with Crippen LogP contribution in [0.1, 0.15) is 12.5 Å². The van der Waals surface area contributed by atoms with Gasteiger partial charge in [0.15, 0.2) is 23.3 Å². The number of oxime groups is 1. The molecule has 0 fully saturated rings. The fraction of sp³-hybridized carbons (Fsp3) is 0.364. The van der Waals surface area contributed by atoms with Gasteiger partial charge in [-0.15, -0.1) is 0 Å². The lowest BCUT2D eigenvalue weighted by atomic mass is 10.2. The first-order valence-electron chi connectivity index (χ1n) is 5.04. The molecule has 0 aromatic heterocycles. The molecule has 0 unspecified atom stereocenters. The van der Waals surface area contributed by atoms with E-state index in [0.717, 1.165) is 0 Å². The second-order valence-corrected chi connectivity index (χ2v) is 4.45. The highest BCUT2D eigenvalue weighted by Crippen LogP contribution is 2.23. The summed E-state index contributed by atoms with van der Waals surface area (Å²) < 4.78 is 64.9. The third kappa shape index (κ3) is 3.59. The molecule has 0 saturated carbocycles. The van der Waals surface area contributed by atoms with Crippen molar-refractivity contribution in [3.8, 4) is 0 Å². The maximum Gasteiger partial charge on any atom is 0.200 e. The van der Waals surface area contributed by atoms with Crippen LogP contribution in [0, 0.1) is 29.1 Å². The molecule has 8 heteroatoms. The summed E-state index contributed by atoms with van der Waals surface area (Å²) in [6.45, 7) is 0.770. The van der Waals surface area contributed by atoms with Crippen molar-refractivity contribution in [1.29, 1.82) is 0 Å². The van der Waals surface area contributed by atoms with Gasteiger partial charge in [-0.3, -0.25) is 0 Å². The Bertz CT molecular complexity index is 477. The summed E-state index contributed by atoms with van der Waals surface area (Å²) in [7, 11) is 0. The first-order valence-corrected chi connectivity index (χ1v) is 6.44. The van der Waals surface area contributed by atoms with Crippen molar-refractivity contribution in [2.45, 2.75) is 13.5 Å². The third-order valence-electron chi connectivity index (χ3n) is 2.08. The molecule has 0 aliphatic carbocycles. The number of thioether (sulfide) groups is 1. The van der Waals surface area contributed by atoms with E-state index in [2.05, 4.69) is 9.99 Å². The minimum atomic E-state index is -2.19. The highest BCUT2D eigenvalue weighted by atomic mass is 32.2. The molecular formula is C11H10F5NOS. The van der Waals surface area contributed by atoms with Gasteiger partial charge in [-0.1, -0.05) is 5.16 Å². The van der Waals surface area contributed by atoms with Gasteiger partial charge in [0.05, 0.1) is 11.3 Å². The fourth-order valence-corrected chi connectivity index (χ4v) is 1.69. The number of benzene rings is 1. The summed E-state index contributed by atoms with van der Waals surface area (Å²) in [5, 5.41) is 3.50. The molecule has 0 aliphatic rings. The zero-order valence-corrected chi connectivity index (χ0v) is 10.9. The summed E-state index contributed by atoms with van der Waals surface area (Å²) in [6, 6.07) is 0. The molecule has 0 bridgehead atoms. The van der Waals surface area contributed by atoms with Gasteiger partial charge >= 0.3 is 0 Å². The van der Waals surface area contributed by atoms with Crippen LogP contribution >= 0.6 is 11.8 Å². The summed E-state index contributed by atoms with van der Waals surface area (Å²) in [5.74, 6) is -9.48. The van der Waals surface area contributed by atoms with Crippen LogP contribution in [0.4, 0.5) is 22.0 Å². The quantitative estimate of drug-likeness (QED) is 0.272. The van der Waals surface area contributed by atoms with Crippen LogP contribution in [0.25, 0.3) is 0 Å². The molecular weight excluding hydrogens is 289 g/mol. The molecule has 1 aromatic carbocycles. The monoisotopic (exact) mass is 299 g/mol. The van der Waals surface area contributed by atoms with Crippen LogP contribution in [-0.2, 0) is 11.4 Å². The molecule has 0 aliphatic heterocycles. The van der Waals surface area contributed by atoms with Crippen molar-refractivity contribution in [1.82, 2.24) is 0 Å². The highest BCUT2D eigenvalue weighted by molar-refractivity contribution is 7.99. The minimum Gasteiger partial charge on any atom is -0.391 e. The molecule has 106 valence electrons. The Morgan fingerprint density at radius 3 is 1.95 bits per heavy atom. The van der Waals surface area contributed by atoms with E-state index < -0.39 is 41.3 Å². The maximum atomic E-state index is 13.2. The zero-order chi connectivity index (χ0) is 14.6. The number of nitrogens with zero attached hydrogens (tertiary/aromatic N) is 1. The largest absolute Gasteiger partial charge is 0.391 e. The lowest BCUT2D eigenvalue weighted by Gasteiger charge is -2.07. The van der Waals surface area contributed by atoms with Gasteiger partial charge in [-0.25, -0.2) is 22.0 Å². The number of rotatable bonds is 5. The second kappa shape index (κ2) is 6.74. The molecule has 0 saturated heterocycles. The summed E-state index contributed by atoms with van der Waals surface area (Å²) in [5.41, 5.74) is -0.520. The van der Waals surface area contributed by atoms with Crippen LogP contribution in [0.3, 0.4) is 0 Å². The van der Waals surface area contributed by atoms with Gasteiger partial charge in [-0.05, 0) is 13.2 Å². The first kappa shape index (κ1) is 15.7. The van der Waals surface area contributed by atoms with Crippen molar-refractivity contribution in [3.63, 3.8) is 0 Å². The van der Waals surface area contributed by atoms with E-state index in [1.54, 1.807) is 6.92 Å². The molecule has 1 aromatic rings. The Hall–Kier alpha value is -1.31. The smallest absolute Gasteiger partial charge is 0.200 e. The van der Waals surface area contributed by atoms with Crippen LogP contribution < -0.4 is 0 Å². The molecule has 0 radical (unpaired) electrons. The van der Waals surface area contributed by atoms with E-state index in [4.69, 9.17) is 0 Å². The Morgan fingerprint density at radius 2 is 1.47 bits per heavy atom. The molecule has 19 heavy (non-hydrogen) atoms. The molecule has 0 amide bonds. The maximum absolute atomic E-state index is 13.2. The minimum absolute atomic E-state index is 0.524. The van der Waals surface area contributed by atoms with Crippen LogP contribution in [0.2, 0.25) is 0 Å². The highest BCUT2D eigenvalue weighted by Gasteiger charge is 2.25. The Morgan fingerprint density at radius 1 is 1.00 bits per heavy atom. The number of hydrogen-bond donors (Lipinski definition) is 0. The van der Waals surface area contributed by atoms with Gasteiger partial charge in [0, 0.05) is 5.75 Å². The van der Waals surface area contributed by atoms with Gasteiger partial charge < -0.3 is 4.84 Å². The van der Waals surface area contributed by atoms with Crippen LogP contribution in [-0.4, -0.2) is 17.7 Å². The average molecular weight is 299 g/mol. The zero-order valence-electron chi connectivity index (χ0n) is 10.1. The number of hydrogen-bond acceptors (Lipinski definition) is 3. The standard InChI is InChI=1S/C11H10F5NOS/c1-5(4-19-2)17-18-3-6-7(12)9(14)11(16)10(15)8(6)13/h3-4H2,1-2H3/b17-5+. The van der Waals surface area contributed by atoms with E-state index in [9.17, 15) is 22.0 Å². The molecule has 2 nitrogen and oxygen atoms in total. The summed E-state index contributed by atoms with van der Waals surface area (Å²) >= 11 is 1.44. The Labute approximate surface area is 110 Å². The van der Waals surface area contributed by atoms with Crippen LogP contribution in [0.15, 0.2) is 5.16 Å². The van der Waals surface area contributed by atoms with E-state index >= 15 is 0 Å². The van der Waals surface area contributed by atoms with E-state index in [-0.39, 0.29) is 0 Å². The van der Waals surface area contributed by atoms with Crippen molar-refractivity contribution < 1.29 is 26.8 Å². The molecule has 0 atom stereocenters. The van der Waals surface area contributed by atoms with Crippen molar-refractivity contribution in [3.05, 3.63) is 34.6 Å². The molecule has 1 rings (SSSR count). The Kier molecular flexibility index (Phi) is 5.59. The summed E-state index contributed by atoms with van der Waals surface area (Å²) in [6.07, 6.45) is 1.81. The molecule has 0 spiro atoms. The average Bonchev–Trinajstić information content (AvgIpc) is 2.38. The predicted molar refractivity (Wildman–Crippen MR) is 62.5 cm³/mol. The van der Waals surface area contributed by atoms with E-state index in [0.29, 0.717) is 11.5 Å². The first-order chi connectivity index (χ1) is 8.90. The second-order valence-electron chi connectivity index (χ2n) is 3.58. The normalized spacial score (nSPS) is 11.8. The lowest BCUT2D eigenvalue weighted by Crippen LogP contribution is -2.08. The van der Waals surface area contributed by atoms with Gasteiger partial charge in [0.2, 0.25) is 5.82 Å². The molecule has 0 N–H and O–H groups in total. The summed E-state index contributed by atoms with van der Waals surface area (Å²) in [4.78, 5) is 4.58. The van der Waals surface area contributed by atoms with Gasteiger partial charge in [0.1, 0.15) is 6.61 Å². The van der Waals surface area contributed by atoms with Gasteiger partial charge in [-0.2, -0.15) is 11.8 Å². The fourth-order valence-electron chi connectivity index (χ4n) is 1.22. The lowest BCUT2D eigenvalue weighted by molar-refractivity contribution is 0.122. The van der Waals surface area contributed by atoms with Crippen molar-refractivity contribution in [2.75, 3.05) is 12.0 Å². The topological polar surface area (TPSA) is 21.6 Å². The van der Waals surface area contributed by atoms with Crippen molar-refractivity contribution in [2.24, 2.45) is 5.16 Å². The number of halogens is 5. The van der Waals surface area contributed by atoms with Crippen LogP contribution in [0.5, 0.6) is 0 Å². The van der Waals surface area contributed by atoms with Crippen molar-refractivity contribution >= 4 is 17.5 Å².